The zero-order valence-corrected chi connectivity index (χ0v) is 4.81. The molecule has 2 nitrogen and oxygen atoms in total. The number of aldehydes is 1. The number of carbonyl (C=O) groups is 1. The van der Waals surface area contributed by atoms with Crippen molar-refractivity contribution >= 4 is 17.6 Å². The molecule has 1 N–H and O–H groups in total. The molecule has 1 aromatic rings. The topological polar surface area (TPSA) is 37.3 Å². The first kappa shape index (κ1) is 5.31. The first-order valence-corrected chi connectivity index (χ1v) is 2.94. The second-order valence-electron chi connectivity index (χ2n) is 1.29. The van der Waals surface area contributed by atoms with Crippen molar-refractivity contribution in [1.29, 1.82) is 0 Å². The number of hydrogen-bond donors (Lipinski definition) is 1. The Morgan fingerprint density at radius 1 is 1.75 bits per heavy atom. The van der Waals surface area contributed by atoms with Crippen molar-refractivity contribution in [3.63, 3.8) is 0 Å². The summed E-state index contributed by atoms with van der Waals surface area (Å²) in [5.74, 6) is 0.0741. The lowest BCUT2D eigenvalue weighted by atomic mass is 10.5. The Hall–Kier alpha value is -0.830. The fourth-order valence-electron chi connectivity index (χ4n) is 0.402. The number of thiophene rings is 1. The molecule has 8 heavy (non-hydrogen) atoms. The normalized spacial score (nSPS) is 9.00. The minimum Gasteiger partial charge on any atom is -0.506 e. The average molecular weight is 128 g/mol. The van der Waals surface area contributed by atoms with Gasteiger partial charge in [-0.15, -0.1) is 11.3 Å². The maximum absolute atomic E-state index is 9.94. The highest BCUT2D eigenvalue weighted by Gasteiger charge is 1.96. The van der Waals surface area contributed by atoms with Crippen LogP contribution in [-0.4, -0.2) is 11.4 Å². The highest BCUT2D eigenvalue weighted by Crippen LogP contribution is 2.19. The van der Waals surface area contributed by atoms with Crippen LogP contribution in [0, 0.1) is 0 Å². The van der Waals surface area contributed by atoms with Gasteiger partial charge in [-0.05, 0) is 11.4 Å². The van der Waals surface area contributed by atoms with Crippen LogP contribution in [0.1, 0.15) is 9.67 Å². The number of rotatable bonds is 1. The zero-order chi connectivity index (χ0) is 5.98. The molecule has 0 saturated carbocycles. The predicted molar refractivity (Wildman–Crippen MR) is 31.4 cm³/mol. The molecule has 42 valence electrons. The third-order valence-electron chi connectivity index (χ3n) is 0.780. The van der Waals surface area contributed by atoms with Gasteiger partial charge in [0.25, 0.3) is 0 Å². The van der Waals surface area contributed by atoms with E-state index in [0.29, 0.717) is 11.2 Å². The van der Waals surface area contributed by atoms with E-state index in [0.717, 1.165) is 0 Å². The average Bonchev–Trinajstić information content (AvgIpc) is 2.14. The lowest BCUT2D eigenvalue weighted by Gasteiger charge is -1.78. The van der Waals surface area contributed by atoms with Crippen LogP contribution in [0.15, 0.2) is 11.4 Å². The minimum absolute atomic E-state index is 0.0741. The van der Waals surface area contributed by atoms with Crippen LogP contribution in [0.2, 0.25) is 0 Å². The second-order valence-corrected chi connectivity index (χ2v) is 2.24. The van der Waals surface area contributed by atoms with E-state index in [-0.39, 0.29) is 5.75 Å². The van der Waals surface area contributed by atoms with Gasteiger partial charge in [0, 0.05) is 0 Å². The third kappa shape index (κ3) is 0.721. The second kappa shape index (κ2) is 1.96. The molecular formula is C5H4O2S. The summed E-state index contributed by atoms with van der Waals surface area (Å²) in [7, 11) is 0. The molecule has 0 radical (unpaired) electrons. The number of carbonyl (C=O) groups excluding carboxylic acids is 1. The molecule has 0 aromatic carbocycles. The molecule has 0 fully saturated rings. The van der Waals surface area contributed by atoms with Crippen LogP contribution < -0.4 is 0 Å². The van der Waals surface area contributed by atoms with Crippen molar-refractivity contribution < 1.29 is 9.90 Å². The SMILES string of the molecule is O=Cc1sccc1O. The van der Waals surface area contributed by atoms with E-state index in [4.69, 9.17) is 5.11 Å². The van der Waals surface area contributed by atoms with Gasteiger partial charge in [-0.25, -0.2) is 0 Å². The summed E-state index contributed by atoms with van der Waals surface area (Å²) in [6, 6.07) is 1.49. The molecular weight excluding hydrogens is 124 g/mol. The van der Waals surface area contributed by atoms with Crippen LogP contribution in [-0.2, 0) is 0 Å². The van der Waals surface area contributed by atoms with Gasteiger partial charge < -0.3 is 5.11 Å². The van der Waals surface area contributed by atoms with E-state index in [1.54, 1.807) is 5.38 Å². The molecule has 1 aromatic heterocycles. The molecule has 1 heterocycles. The van der Waals surface area contributed by atoms with E-state index >= 15 is 0 Å². The molecule has 0 spiro atoms. The van der Waals surface area contributed by atoms with Gasteiger partial charge in [0.05, 0.1) is 0 Å². The Morgan fingerprint density at radius 2 is 2.50 bits per heavy atom. The lowest BCUT2D eigenvalue weighted by Crippen LogP contribution is -1.66. The Kier molecular flexibility index (Phi) is 1.30. The van der Waals surface area contributed by atoms with Gasteiger partial charge in [-0.3, -0.25) is 4.79 Å². The fourth-order valence-corrected chi connectivity index (χ4v) is 0.990. The van der Waals surface area contributed by atoms with Crippen LogP contribution >= 0.6 is 11.3 Å². The zero-order valence-electron chi connectivity index (χ0n) is 4.00. The van der Waals surface area contributed by atoms with E-state index in [9.17, 15) is 4.79 Å². The summed E-state index contributed by atoms with van der Waals surface area (Å²) in [5, 5.41) is 10.4. The summed E-state index contributed by atoms with van der Waals surface area (Å²) in [6.07, 6.45) is 0.639. The quantitative estimate of drug-likeness (QED) is 0.578. The highest BCUT2D eigenvalue weighted by molar-refractivity contribution is 7.12. The summed E-state index contributed by atoms with van der Waals surface area (Å²) in [5.41, 5.74) is 0. The van der Waals surface area contributed by atoms with Crippen molar-refractivity contribution in [3.8, 4) is 5.75 Å². The Morgan fingerprint density at radius 3 is 2.75 bits per heavy atom. The maximum Gasteiger partial charge on any atom is 0.163 e. The van der Waals surface area contributed by atoms with Gasteiger partial charge >= 0.3 is 0 Å². The van der Waals surface area contributed by atoms with E-state index < -0.39 is 0 Å². The summed E-state index contributed by atoms with van der Waals surface area (Å²) >= 11 is 1.23. The van der Waals surface area contributed by atoms with Gasteiger partial charge in [-0.2, -0.15) is 0 Å². The Labute approximate surface area is 50.4 Å². The monoisotopic (exact) mass is 128 g/mol. The molecule has 0 saturated heterocycles. The Bertz CT molecular complexity index is 192. The molecule has 0 aliphatic heterocycles. The highest BCUT2D eigenvalue weighted by atomic mass is 32.1. The molecule has 0 bridgehead atoms. The number of aromatic hydroxyl groups is 1. The fraction of sp³-hybridized carbons (Fsp3) is 0. The van der Waals surface area contributed by atoms with Crippen LogP contribution in [0.4, 0.5) is 0 Å². The smallest absolute Gasteiger partial charge is 0.163 e. The summed E-state index contributed by atoms with van der Waals surface area (Å²) in [6.45, 7) is 0. The van der Waals surface area contributed by atoms with Crippen molar-refractivity contribution in [2.75, 3.05) is 0 Å². The molecule has 3 heteroatoms. The van der Waals surface area contributed by atoms with Crippen molar-refractivity contribution in [2.45, 2.75) is 0 Å². The van der Waals surface area contributed by atoms with Gasteiger partial charge in [-0.1, -0.05) is 0 Å². The predicted octanol–water partition coefficient (Wildman–Crippen LogP) is 1.27. The van der Waals surface area contributed by atoms with Gasteiger partial charge in [0.2, 0.25) is 0 Å². The van der Waals surface area contributed by atoms with Gasteiger partial charge in [0.15, 0.2) is 6.29 Å². The van der Waals surface area contributed by atoms with E-state index in [2.05, 4.69) is 0 Å². The first-order chi connectivity index (χ1) is 3.84. The van der Waals surface area contributed by atoms with Crippen molar-refractivity contribution in [1.82, 2.24) is 0 Å². The molecule has 0 aliphatic carbocycles. The van der Waals surface area contributed by atoms with Crippen molar-refractivity contribution in [2.24, 2.45) is 0 Å². The van der Waals surface area contributed by atoms with Crippen LogP contribution in [0.5, 0.6) is 5.75 Å². The minimum atomic E-state index is 0.0741. The molecule has 0 amide bonds. The van der Waals surface area contributed by atoms with Gasteiger partial charge in [0.1, 0.15) is 10.6 Å². The summed E-state index contributed by atoms with van der Waals surface area (Å²) in [4.78, 5) is 10.3. The maximum atomic E-state index is 9.94. The summed E-state index contributed by atoms with van der Waals surface area (Å²) < 4.78 is 0. The first-order valence-electron chi connectivity index (χ1n) is 2.06. The molecule has 0 unspecified atom stereocenters. The van der Waals surface area contributed by atoms with Crippen LogP contribution in [0.25, 0.3) is 0 Å². The third-order valence-corrected chi connectivity index (χ3v) is 1.61. The largest absolute Gasteiger partial charge is 0.506 e. The molecule has 1 rings (SSSR count). The standard InChI is InChI=1S/C5H4O2S/c6-3-5-4(7)1-2-8-5/h1-3,7H. The molecule has 0 aliphatic rings. The van der Waals surface area contributed by atoms with E-state index in [1.165, 1.54) is 17.4 Å². The Balaban J connectivity index is 3.09. The van der Waals surface area contributed by atoms with Crippen molar-refractivity contribution in [3.05, 3.63) is 16.3 Å². The van der Waals surface area contributed by atoms with Crippen LogP contribution in [0.3, 0.4) is 0 Å². The van der Waals surface area contributed by atoms with E-state index in [1.807, 2.05) is 0 Å². The number of hydrogen-bond acceptors (Lipinski definition) is 3. The molecule has 0 atom stereocenters. The lowest BCUT2D eigenvalue weighted by molar-refractivity contribution is 0.112.